The van der Waals surface area contributed by atoms with Crippen LogP contribution in [0.15, 0.2) is 41.5 Å². The van der Waals surface area contributed by atoms with Crippen LogP contribution in [0.1, 0.15) is 81.8 Å². The Hall–Kier alpha value is -2.70. The van der Waals surface area contributed by atoms with Gasteiger partial charge in [0.25, 0.3) is 5.91 Å². The number of carbonyl (C=O) groups is 1. The van der Waals surface area contributed by atoms with Crippen LogP contribution in [0.4, 0.5) is 0 Å². The Labute approximate surface area is 196 Å². The highest BCUT2D eigenvalue weighted by atomic mass is 16.3. The monoisotopic (exact) mass is 448 g/mol. The number of fused-ring (bicyclic) bond motifs is 3. The van der Waals surface area contributed by atoms with Crippen LogP contribution >= 0.6 is 0 Å². The maximum atomic E-state index is 12.9. The number of benzene rings is 2. The number of phenolic OH excluding ortho intramolecular Hbond substituents is 1. The number of aryl methyl sites for hydroxylation is 1. The average Bonchev–Trinajstić information content (AvgIpc) is 3.18. The van der Waals surface area contributed by atoms with E-state index in [1.165, 1.54) is 11.1 Å². The van der Waals surface area contributed by atoms with Crippen LogP contribution in [0, 0.1) is 5.92 Å². The number of nitrogens with one attached hydrogen (secondary N) is 3. The van der Waals surface area contributed by atoms with Gasteiger partial charge in [-0.2, -0.15) is 5.10 Å². The fraction of sp³-hybridized carbons (Fsp3) is 0.481. The molecule has 1 aliphatic heterocycles. The number of carbonyl (C=O) groups excluding carboxylic acids is 1. The van der Waals surface area contributed by atoms with E-state index in [1.807, 2.05) is 12.1 Å². The lowest BCUT2D eigenvalue weighted by Gasteiger charge is -2.29. The summed E-state index contributed by atoms with van der Waals surface area (Å²) in [4.78, 5) is 12.9. The Bertz CT molecular complexity index is 1040. The van der Waals surface area contributed by atoms with E-state index in [0.717, 1.165) is 29.5 Å². The molecule has 2 aliphatic rings. The van der Waals surface area contributed by atoms with E-state index >= 15 is 0 Å². The first-order chi connectivity index (χ1) is 15.5. The van der Waals surface area contributed by atoms with Crippen molar-refractivity contribution in [3.05, 3.63) is 64.2 Å². The predicted molar refractivity (Wildman–Crippen MR) is 132 cm³/mol. The van der Waals surface area contributed by atoms with E-state index in [1.54, 1.807) is 6.21 Å². The summed E-state index contributed by atoms with van der Waals surface area (Å²) in [6, 6.07) is 12.1. The SMILES string of the molecule is CC(C)(C)c1cc(/C=N/NC(=O)C2NNC3c4ccccc4CCC23)cc(C(C)(C)C)c1O. The molecular weight excluding hydrogens is 412 g/mol. The Morgan fingerprint density at radius 3 is 2.33 bits per heavy atom. The third kappa shape index (κ3) is 4.68. The van der Waals surface area contributed by atoms with Crippen LogP contribution in [0.2, 0.25) is 0 Å². The standard InChI is InChI=1S/C27H36N4O2/c1-26(2,3)20-13-16(14-21(24(20)32)27(4,5)6)15-28-31-25(33)23-19-12-11-17-9-7-8-10-18(17)22(19)29-30-23/h7-10,13-15,19,22-23,29-30,32H,11-12H2,1-6H3,(H,31,33)/b28-15+. The van der Waals surface area contributed by atoms with Crippen LogP contribution in [0.25, 0.3) is 0 Å². The van der Waals surface area contributed by atoms with Gasteiger partial charge in [0.1, 0.15) is 11.8 Å². The van der Waals surface area contributed by atoms with Gasteiger partial charge in [0.15, 0.2) is 0 Å². The molecular formula is C27H36N4O2. The summed E-state index contributed by atoms with van der Waals surface area (Å²) in [5, 5.41) is 15.2. The van der Waals surface area contributed by atoms with Crippen molar-refractivity contribution in [2.24, 2.45) is 11.0 Å². The van der Waals surface area contributed by atoms with Gasteiger partial charge in [-0.15, -0.1) is 0 Å². The van der Waals surface area contributed by atoms with E-state index in [0.29, 0.717) is 5.75 Å². The number of phenols is 1. The van der Waals surface area contributed by atoms with Crippen molar-refractivity contribution in [3.8, 4) is 5.75 Å². The minimum absolute atomic E-state index is 0.135. The van der Waals surface area contributed by atoms with Crippen molar-refractivity contribution in [2.45, 2.75) is 77.3 Å². The van der Waals surface area contributed by atoms with Gasteiger partial charge < -0.3 is 5.11 Å². The predicted octanol–water partition coefficient (Wildman–Crippen LogP) is 4.22. The van der Waals surface area contributed by atoms with Crippen LogP contribution in [0.5, 0.6) is 5.75 Å². The van der Waals surface area contributed by atoms with Gasteiger partial charge in [0, 0.05) is 17.0 Å². The van der Waals surface area contributed by atoms with Crippen molar-refractivity contribution in [3.63, 3.8) is 0 Å². The molecule has 0 saturated carbocycles. The second kappa shape index (κ2) is 8.58. The first-order valence-corrected chi connectivity index (χ1v) is 11.8. The van der Waals surface area contributed by atoms with Gasteiger partial charge in [-0.3, -0.25) is 4.79 Å². The molecule has 1 amide bonds. The molecule has 6 nitrogen and oxygen atoms in total. The second-order valence-corrected chi connectivity index (χ2v) is 11.3. The molecule has 1 aliphatic carbocycles. The molecule has 2 aromatic carbocycles. The van der Waals surface area contributed by atoms with E-state index < -0.39 is 0 Å². The van der Waals surface area contributed by atoms with Crippen molar-refractivity contribution in [2.75, 3.05) is 0 Å². The average molecular weight is 449 g/mol. The van der Waals surface area contributed by atoms with Gasteiger partial charge in [-0.05, 0) is 52.5 Å². The van der Waals surface area contributed by atoms with Crippen LogP contribution < -0.4 is 16.3 Å². The molecule has 1 heterocycles. The number of rotatable bonds is 3. The lowest BCUT2D eigenvalue weighted by Crippen LogP contribution is -2.44. The fourth-order valence-electron chi connectivity index (χ4n) is 4.99. The fourth-order valence-corrected chi connectivity index (χ4v) is 4.99. The first-order valence-electron chi connectivity index (χ1n) is 11.8. The molecule has 0 aromatic heterocycles. The summed E-state index contributed by atoms with van der Waals surface area (Å²) >= 11 is 0. The molecule has 0 radical (unpaired) electrons. The Morgan fingerprint density at radius 2 is 1.70 bits per heavy atom. The topological polar surface area (TPSA) is 85.8 Å². The number of amides is 1. The van der Waals surface area contributed by atoms with E-state index in [4.69, 9.17) is 0 Å². The molecule has 6 heteroatoms. The summed E-state index contributed by atoms with van der Waals surface area (Å²) in [5.74, 6) is 0.376. The molecule has 4 N–H and O–H groups in total. The highest BCUT2D eigenvalue weighted by molar-refractivity contribution is 5.86. The molecule has 176 valence electrons. The van der Waals surface area contributed by atoms with E-state index in [2.05, 4.69) is 87.2 Å². The zero-order valence-electron chi connectivity index (χ0n) is 20.5. The number of aromatic hydroxyl groups is 1. The van der Waals surface area contributed by atoms with Crippen molar-refractivity contribution in [1.82, 2.24) is 16.3 Å². The summed E-state index contributed by atoms with van der Waals surface area (Å²) in [6.07, 6.45) is 3.59. The van der Waals surface area contributed by atoms with Gasteiger partial charge in [0.05, 0.1) is 12.3 Å². The largest absolute Gasteiger partial charge is 0.507 e. The molecule has 4 rings (SSSR count). The maximum absolute atomic E-state index is 12.9. The smallest absolute Gasteiger partial charge is 0.258 e. The number of nitrogens with zero attached hydrogens (tertiary/aromatic N) is 1. The number of hydrazone groups is 1. The Balaban J connectivity index is 1.50. The minimum atomic E-state index is -0.337. The zero-order chi connectivity index (χ0) is 24.0. The molecule has 2 aromatic rings. The summed E-state index contributed by atoms with van der Waals surface area (Å²) in [5.41, 5.74) is 14.0. The summed E-state index contributed by atoms with van der Waals surface area (Å²) < 4.78 is 0. The second-order valence-electron chi connectivity index (χ2n) is 11.3. The third-order valence-electron chi connectivity index (χ3n) is 6.81. The molecule has 1 saturated heterocycles. The third-order valence-corrected chi connectivity index (χ3v) is 6.81. The number of hydrogen-bond donors (Lipinski definition) is 4. The van der Waals surface area contributed by atoms with Gasteiger partial charge in [-0.1, -0.05) is 65.8 Å². The normalized spacial score (nSPS) is 22.8. The number of hydrazine groups is 1. The molecule has 0 bridgehead atoms. The van der Waals surface area contributed by atoms with Crippen molar-refractivity contribution in [1.29, 1.82) is 0 Å². The summed E-state index contributed by atoms with van der Waals surface area (Å²) in [7, 11) is 0. The highest BCUT2D eigenvalue weighted by Gasteiger charge is 2.43. The lowest BCUT2D eigenvalue weighted by molar-refractivity contribution is -0.123. The van der Waals surface area contributed by atoms with Gasteiger partial charge >= 0.3 is 0 Å². The van der Waals surface area contributed by atoms with Crippen molar-refractivity contribution >= 4 is 12.1 Å². The molecule has 3 unspecified atom stereocenters. The van der Waals surface area contributed by atoms with Crippen molar-refractivity contribution < 1.29 is 9.90 Å². The van der Waals surface area contributed by atoms with E-state index in [9.17, 15) is 9.90 Å². The molecule has 33 heavy (non-hydrogen) atoms. The quantitative estimate of drug-likeness (QED) is 0.418. The van der Waals surface area contributed by atoms with Crippen LogP contribution in [-0.2, 0) is 22.0 Å². The van der Waals surface area contributed by atoms with Gasteiger partial charge in [0.2, 0.25) is 0 Å². The molecule has 0 spiro atoms. The summed E-state index contributed by atoms with van der Waals surface area (Å²) in [6.45, 7) is 12.5. The molecule has 3 atom stereocenters. The zero-order valence-corrected chi connectivity index (χ0v) is 20.5. The van der Waals surface area contributed by atoms with Gasteiger partial charge in [-0.25, -0.2) is 16.3 Å². The first kappa shape index (κ1) is 23.5. The lowest BCUT2D eigenvalue weighted by atomic mass is 9.77. The Morgan fingerprint density at radius 1 is 1.06 bits per heavy atom. The highest BCUT2D eigenvalue weighted by Crippen LogP contribution is 2.40. The number of hydrogen-bond acceptors (Lipinski definition) is 5. The Kier molecular flexibility index (Phi) is 6.10. The molecule has 1 fully saturated rings. The maximum Gasteiger partial charge on any atom is 0.258 e. The van der Waals surface area contributed by atoms with E-state index in [-0.39, 0.29) is 34.7 Å². The minimum Gasteiger partial charge on any atom is -0.507 e. The van der Waals surface area contributed by atoms with Crippen LogP contribution in [-0.4, -0.2) is 23.3 Å². The van der Waals surface area contributed by atoms with Crippen LogP contribution in [0.3, 0.4) is 0 Å².